The summed E-state index contributed by atoms with van der Waals surface area (Å²) in [6, 6.07) is 5.11. The van der Waals surface area contributed by atoms with Crippen molar-refractivity contribution in [3.8, 4) is 11.1 Å². The third-order valence-electron chi connectivity index (χ3n) is 4.00. The highest BCUT2D eigenvalue weighted by Gasteiger charge is 2.35. The minimum atomic E-state index is -1.01. The van der Waals surface area contributed by atoms with E-state index in [1.165, 1.54) is 22.8 Å². The van der Waals surface area contributed by atoms with E-state index in [0.717, 1.165) is 6.07 Å². The Morgan fingerprint density at radius 2 is 1.55 bits per heavy atom. The number of ether oxygens (including phenoxy) is 2. The molecule has 3 rings (SSSR count). The van der Waals surface area contributed by atoms with Gasteiger partial charge in [-0.1, -0.05) is 0 Å². The van der Waals surface area contributed by atoms with Crippen molar-refractivity contribution in [3.05, 3.63) is 46.6 Å². The molecule has 0 bridgehead atoms. The van der Waals surface area contributed by atoms with Crippen LogP contribution in [0.3, 0.4) is 0 Å². The lowest BCUT2D eigenvalue weighted by atomic mass is 10.1. The topological polar surface area (TPSA) is 86.0 Å². The maximum Gasteiger partial charge on any atom is 0.427 e. The van der Waals surface area contributed by atoms with Crippen molar-refractivity contribution in [2.24, 2.45) is 0 Å². The standard InChI is InChI=1S/C22H23BrF2N4O4/c1-21(2,3)32-19(30)29(20(31)33-22(4,5)6)18-26-17-9-12(7-8-28(17)27-18)13-10-14(23)16(25)11-15(13)24/h7-11H,1-6H3. The number of nitrogens with zero attached hydrogens (tertiary/aromatic N) is 4. The van der Waals surface area contributed by atoms with E-state index < -0.39 is 35.0 Å². The smallest absolute Gasteiger partial charge is 0.427 e. The van der Waals surface area contributed by atoms with Gasteiger partial charge < -0.3 is 9.47 Å². The van der Waals surface area contributed by atoms with E-state index in [2.05, 4.69) is 26.0 Å². The van der Waals surface area contributed by atoms with Gasteiger partial charge in [-0.25, -0.2) is 22.9 Å². The van der Waals surface area contributed by atoms with E-state index in [1.54, 1.807) is 47.6 Å². The number of anilines is 1. The Bertz CT molecular complexity index is 1200. The summed E-state index contributed by atoms with van der Waals surface area (Å²) in [6.45, 7) is 9.90. The summed E-state index contributed by atoms with van der Waals surface area (Å²) in [7, 11) is 0. The van der Waals surface area contributed by atoms with Crippen molar-refractivity contribution in [1.29, 1.82) is 0 Å². The largest absolute Gasteiger partial charge is 0.443 e. The summed E-state index contributed by atoms with van der Waals surface area (Å²) in [5.41, 5.74) is -1.05. The molecule has 0 fully saturated rings. The number of amides is 2. The van der Waals surface area contributed by atoms with E-state index in [1.807, 2.05) is 0 Å². The van der Waals surface area contributed by atoms with Gasteiger partial charge in [0.15, 0.2) is 5.65 Å². The first-order valence-electron chi connectivity index (χ1n) is 9.92. The van der Waals surface area contributed by atoms with Gasteiger partial charge in [-0.05, 0) is 81.2 Å². The summed E-state index contributed by atoms with van der Waals surface area (Å²) in [5.74, 6) is -1.77. The molecule has 0 N–H and O–H groups in total. The molecule has 0 radical (unpaired) electrons. The summed E-state index contributed by atoms with van der Waals surface area (Å²) in [6.07, 6.45) is -0.553. The average Bonchev–Trinajstić information content (AvgIpc) is 3.04. The molecule has 0 saturated heterocycles. The number of halogens is 3. The quantitative estimate of drug-likeness (QED) is 0.375. The van der Waals surface area contributed by atoms with Gasteiger partial charge in [0.25, 0.3) is 5.95 Å². The lowest BCUT2D eigenvalue weighted by Gasteiger charge is -2.26. The molecule has 0 aliphatic rings. The van der Waals surface area contributed by atoms with Gasteiger partial charge in [-0.15, -0.1) is 10.00 Å². The van der Waals surface area contributed by atoms with Crippen LogP contribution in [0, 0.1) is 11.6 Å². The van der Waals surface area contributed by atoms with Crippen molar-refractivity contribution in [3.63, 3.8) is 0 Å². The van der Waals surface area contributed by atoms with Crippen LogP contribution in [-0.4, -0.2) is 38.0 Å². The molecule has 1 aromatic carbocycles. The van der Waals surface area contributed by atoms with Crippen LogP contribution in [0.15, 0.2) is 34.9 Å². The Morgan fingerprint density at radius 3 is 2.09 bits per heavy atom. The summed E-state index contributed by atoms with van der Waals surface area (Å²) >= 11 is 3.05. The SMILES string of the molecule is CC(C)(C)OC(=O)N(C(=O)OC(C)(C)C)c1nc2cc(-c3cc(Br)c(F)cc3F)ccn2n1. The van der Waals surface area contributed by atoms with Crippen LogP contribution < -0.4 is 4.90 Å². The maximum absolute atomic E-state index is 14.3. The lowest BCUT2D eigenvalue weighted by Crippen LogP contribution is -2.44. The van der Waals surface area contributed by atoms with Gasteiger partial charge in [0.1, 0.15) is 22.8 Å². The molecule has 8 nitrogen and oxygen atoms in total. The number of carbonyl (C=O) groups excluding carboxylic acids is 2. The molecular weight excluding hydrogens is 502 g/mol. The maximum atomic E-state index is 14.3. The predicted molar refractivity (Wildman–Crippen MR) is 121 cm³/mol. The summed E-state index contributed by atoms with van der Waals surface area (Å²) < 4.78 is 40.0. The highest BCUT2D eigenvalue weighted by Crippen LogP contribution is 2.29. The van der Waals surface area contributed by atoms with E-state index in [-0.39, 0.29) is 21.6 Å². The number of hydrogen-bond acceptors (Lipinski definition) is 6. The van der Waals surface area contributed by atoms with E-state index in [4.69, 9.17) is 9.47 Å². The van der Waals surface area contributed by atoms with Crippen LogP contribution in [0.5, 0.6) is 0 Å². The fraction of sp³-hybridized carbons (Fsp3) is 0.364. The van der Waals surface area contributed by atoms with Crippen molar-refractivity contribution in [2.45, 2.75) is 52.7 Å². The first-order valence-corrected chi connectivity index (χ1v) is 10.7. The molecule has 0 aliphatic carbocycles. The monoisotopic (exact) mass is 524 g/mol. The third kappa shape index (κ3) is 5.84. The fourth-order valence-electron chi connectivity index (χ4n) is 2.73. The number of fused-ring (bicyclic) bond motifs is 1. The van der Waals surface area contributed by atoms with Crippen LogP contribution >= 0.6 is 15.9 Å². The minimum Gasteiger partial charge on any atom is -0.443 e. The molecule has 0 spiro atoms. The summed E-state index contributed by atoms with van der Waals surface area (Å²) in [5, 5.41) is 4.17. The minimum absolute atomic E-state index is 0.0990. The Labute approximate surface area is 197 Å². The Kier molecular flexibility index (Phi) is 6.47. The molecule has 2 aromatic heterocycles. The second-order valence-corrected chi connectivity index (χ2v) is 10.0. The van der Waals surface area contributed by atoms with Crippen molar-refractivity contribution < 1.29 is 27.8 Å². The second-order valence-electron chi connectivity index (χ2n) is 9.17. The number of hydrogen-bond donors (Lipinski definition) is 0. The van der Waals surface area contributed by atoms with Gasteiger partial charge >= 0.3 is 12.2 Å². The zero-order chi connectivity index (χ0) is 24.7. The zero-order valence-corrected chi connectivity index (χ0v) is 20.5. The third-order valence-corrected chi connectivity index (χ3v) is 4.61. The first kappa shape index (κ1) is 24.6. The molecule has 0 atom stereocenters. The first-order chi connectivity index (χ1) is 15.1. The van der Waals surface area contributed by atoms with E-state index in [9.17, 15) is 18.4 Å². The van der Waals surface area contributed by atoms with Gasteiger partial charge in [-0.3, -0.25) is 0 Å². The summed E-state index contributed by atoms with van der Waals surface area (Å²) in [4.78, 5) is 30.4. The second kappa shape index (κ2) is 8.69. The number of carbonyl (C=O) groups is 2. The predicted octanol–water partition coefficient (Wildman–Crippen LogP) is 6.11. The van der Waals surface area contributed by atoms with Crippen molar-refractivity contribution in [2.75, 3.05) is 4.90 Å². The van der Waals surface area contributed by atoms with E-state index in [0.29, 0.717) is 10.5 Å². The molecule has 3 aromatic rings. The molecule has 2 amide bonds. The number of rotatable bonds is 2. The number of pyridine rings is 1. The van der Waals surface area contributed by atoms with E-state index >= 15 is 0 Å². The molecular formula is C22H23BrF2N4O4. The van der Waals surface area contributed by atoms with Gasteiger partial charge in [0.05, 0.1) is 4.47 Å². The zero-order valence-electron chi connectivity index (χ0n) is 18.9. The Morgan fingerprint density at radius 1 is 0.970 bits per heavy atom. The number of imide groups is 1. The molecule has 0 saturated carbocycles. The van der Waals surface area contributed by atoms with Crippen molar-refractivity contribution >= 4 is 39.7 Å². The van der Waals surface area contributed by atoms with Gasteiger partial charge in [0.2, 0.25) is 0 Å². The molecule has 0 aliphatic heterocycles. The van der Waals surface area contributed by atoms with Crippen LogP contribution in [0.25, 0.3) is 16.8 Å². The molecule has 33 heavy (non-hydrogen) atoms. The Balaban J connectivity index is 2.06. The van der Waals surface area contributed by atoms with Gasteiger partial charge in [-0.2, -0.15) is 4.98 Å². The van der Waals surface area contributed by atoms with Crippen LogP contribution in [0.1, 0.15) is 41.5 Å². The van der Waals surface area contributed by atoms with Crippen LogP contribution in [-0.2, 0) is 9.47 Å². The normalized spacial score (nSPS) is 12.0. The Hall–Kier alpha value is -3.08. The average molecular weight is 525 g/mol. The number of aromatic nitrogens is 3. The highest BCUT2D eigenvalue weighted by atomic mass is 79.9. The van der Waals surface area contributed by atoms with Crippen molar-refractivity contribution in [1.82, 2.24) is 14.6 Å². The molecule has 2 heterocycles. The molecule has 0 unspecified atom stereocenters. The van der Waals surface area contributed by atoms with Gasteiger partial charge in [0, 0.05) is 17.8 Å². The lowest BCUT2D eigenvalue weighted by molar-refractivity contribution is 0.0427. The molecule has 11 heteroatoms. The fourth-order valence-corrected chi connectivity index (χ4v) is 3.07. The molecule has 176 valence electrons. The highest BCUT2D eigenvalue weighted by molar-refractivity contribution is 9.10. The van der Waals surface area contributed by atoms with Crippen LogP contribution in [0.4, 0.5) is 24.3 Å². The number of benzene rings is 1. The van der Waals surface area contributed by atoms with Crippen LogP contribution in [0.2, 0.25) is 0 Å².